The Balaban J connectivity index is 0.000000214. The van der Waals surface area contributed by atoms with E-state index in [1.165, 1.54) is 59.8 Å². The maximum Gasteiger partial charge on any atom is 0.335 e. The van der Waals surface area contributed by atoms with E-state index in [0.717, 1.165) is 76.4 Å². The van der Waals surface area contributed by atoms with Crippen molar-refractivity contribution >= 4 is 107 Å². The van der Waals surface area contributed by atoms with Gasteiger partial charge < -0.3 is 31.3 Å². The molecular weight excluding hydrogens is 1240 g/mol. The minimum atomic E-state index is -1.22. The SMILES string of the molecule is CC(C)(Sc1ccncc1-c1ccc(C#N)c(Cl)c1)C(=O)O.CC(C)(Sc1ccncc1-c1ccc(C(=O)O)cc1F)C(=O)O.CC(C)(Sc1ccncc1-c1ccc(S)cc1)C(=O)O.Cc1cc(C(N)=O)ccc1-c1cnccc1SC(C)(C)C(=O)O. The Morgan fingerprint density at radius 2 is 0.864 bits per heavy atom. The number of carboxylic acid groups (broad SMARTS) is 5. The molecular formula is C64H60ClFN6O11S5. The lowest BCUT2D eigenvalue weighted by Gasteiger charge is -2.20. The van der Waals surface area contributed by atoms with E-state index >= 15 is 0 Å². The van der Waals surface area contributed by atoms with Gasteiger partial charge in [-0.15, -0.1) is 59.7 Å². The number of nitrogens with two attached hydrogens (primary N) is 1. The fraction of sp³-hybridized carbons (Fsp3) is 0.203. The maximum atomic E-state index is 14.3. The summed E-state index contributed by atoms with van der Waals surface area (Å²) in [4.78, 5) is 87.7. The number of carbonyl (C=O) groups is 6. The average Bonchev–Trinajstić information content (AvgIpc) is 3.56. The Kier molecular flexibility index (Phi) is 24.5. The molecule has 0 radical (unpaired) electrons. The number of primary amides is 1. The van der Waals surface area contributed by atoms with Crippen LogP contribution in [0.1, 0.15) is 87.2 Å². The van der Waals surface area contributed by atoms with Crippen molar-refractivity contribution in [2.45, 2.75) is 106 Å². The normalized spacial score (nSPS) is 11.2. The molecule has 24 heteroatoms. The van der Waals surface area contributed by atoms with Crippen molar-refractivity contribution in [3.05, 3.63) is 186 Å². The lowest BCUT2D eigenvalue weighted by atomic mass is 9.99. The molecule has 4 aromatic carbocycles. The highest BCUT2D eigenvalue weighted by molar-refractivity contribution is 8.02. The van der Waals surface area contributed by atoms with Crippen LogP contribution < -0.4 is 5.73 Å². The molecule has 7 N–H and O–H groups in total. The summed E-state index contributed by atoms with van der Waals surface area (Å²) in [6.07, 6.45) is 13.0. The summed E-state index contributed by atoms with van der Waals surface area (Å²) in [5.41, 5.74) is 12.7. The Morgan fingerprint density at radius 3 is 1.23 bits per heavy atom. The summed E-state index contributed by atoms with van der Waals surface area (Å²) in [6, 6.07) is 30.6. The number of aromatic nitrogens is 4. The van der Waals surface area contributed by atoms with Gasteiger partial charge in [0.15, 0.2) is 0 Å². The molecule has 0 unspecified atom stereocenters. The second-order valence-electron chi connectivity index (χ2n) is 20.9. The number of carboxylic acids is 5. The predicted octanol–water partition coefficient (Wildman–Crippen LogP) is 14.9. The third kappa shape index (κ3) is 19.1. The number of thioether (sulfide) groups is 4. The lowest BCUT2D eigenvalue weighted by Crippen LogP contribution is -2.27. The van der Waals surface area contributed by atoms with Gasteiger partial charge in [0.05, 0.1) is 16.1 Å². The molecule has 0 fully saturated rings. The Labute approximate surface area is 535 Å². The van der Waals surface area contributed by atoms with Crippen molar-refractivity contribution < 1.29 is 58.7 Å². The zero-order valence-electron chi connectivity index (χ0n) is 48.8. The number of hydrogen-bond donors (Lipinski definition) is 7. The molecule has 8 aromatic rings. The molecule has 0 bridgehead atoms. The van der Waals surface area contributed by atoms with Gasteiger partial charge in [-0.2, -0.15) is 5.26 Å². The van der Waals surface area contributed by atoms with Crippen LogP contribution in [-0.2, 0) is 19.2 Å². The number of pyridine rings is 4. The van der Waals surface area contributed by atoms with Crippen LogP contribution in [0.5, 0.6) is 0 Å². The third-order valence-electron chi connectivity index (χ3n) is 12.5. The first-order valence-electron chi connectivity index (χ1n) is 26.1. The number of thiol groups is 1. The number of aryl methyl sites for hydroxylation is 1. The molecule has 0 spiro atoms. The van der Waals surface area contributed by atoms with Gasteiger partial charge in [-0.1, -0.05) is 41.9 Å². The van der Waals surface area contributed by atoms with Crippen LogP contribution in [0.15, 0.2) is 177 Å². The minimum absolute atomic E-state index is 0.157. The van der Waals surface area contributed by atoms with Crippen LogP contribution in [0.3, 0.4) is 0 Å². The highest BCUT2D eigenvalue weighted by Gasteiger charge is 2.33. The van der Waals surface area contributed by atoms with E-state index in [9.17, 15) is 53.6 Å². The topological polar surface area (TPSA) is 305 Å². The van der Waals surface area contributed by atoms with E-state index in [-0.39, 0.29) is 11.1 Å². The molecule has 88 heavy (non-hydrogen) atoms. The number of halogens is 2. The largest absolute Gasteiger partial charge is 0.480 e. The molecule has 4 heterocycles. The van der Waals surface area contributed by atoms with Crippen molar-refractivity contribution in [1.82, 2.24) is 19.9 Å². The van der Waals surface area contributed by atoms with Gasteiger partial charge in [-0.25, -0.2) is 9.18 Å². The monoisotopic (exact) mass is 1300 g/mol. The average molecular weight is 1300 g/mol. The first kappa shape index (κ1) is 70.5. The summed E-state index contributed by atoms with van der Waals surface area (Å²) in [7, 11) is 0. The van der Waals surface area contributed by atoms with Crippen LogP contribution in [0.25, 0.3) is 44.5 Å². The van der Waals surface area contributed by atoms with Crippen molar-refractivity contribution in [2.75, 3.05) is 0 Å². The quantitative estimate of drug-likeness (QED) is 0.0310. The molecule has 17 nitrogen and oxygen atoms in total. The van der Waals surface area contributed by atoms with Crippen molar-refractivity contribution in [3.8, 4) is 50.6 Å². The smallest absolute Gasteiger partial charge is 0.335 e. The number of carbonyl (C=O) groups excluding carboxylic acids is 1. The molecule has 1 amide bonds. The van der Waals surface area contributed by atoms with Gasteiger partial charge >= 0.3 is 29.8 Å². The molecule has 0 aliphatic heterocycles. The Bertz CT molecular complexity index is 3830. The number of amides is 1. The molecule has 0 aliphatic rings. The van der Waals surface area contributed by atoms with E-state index in [4.69, 9.17) is 27.7 Å². The highest BCUT2D eigenvalue weighted by Crippen LogP contribution is 2.43. The van der Waals surface area contributed by atoms with E-state index in [1.807, 2.05) is 49.4 Å². The van der Waals surface area contributed by atoms with Gasteiger partial charge in [-0.05, 0) is 157 Å². The number of benzene rings is 4. The molecule has 0 saturated heterocycles. The van der Waals surface area contributed by atoms with Crippen LogP contribution >= 0.6 is 71.3 Å². The van der Waals surface area contributed by atoms with Gasteiger partial charge in [0.25, 0.3) is 0 Å². The van der Waals surface area contributed by atoms with E-state index in [0.29, 0.717) is 26.6 Å². The number of aromatic carboxylic acids is 1. The van der Waals surface area contributed by atoms with E-state index in [1.54, 1.807) is 141 Å². The van der Waals surface area contributed by atoms with Gasteiger partial charge in [0.2, 0.25) is 5.91 Å². The number of nitriles is 1. The highest BCUT2D eigenvalue weighted by atomic mass is 35.5. The zero-order valence-corrected chi connectivity index (χ0v) is 53.7. The molecule has 4 aromatic heterocycles. The zero-order chi connectivity index (χ0) is 65.5. The van der Waals surface area contributed by atoms with Crippen molar-refractivity contribution in [1.29, 1.82) is 5.26 Å². The first-order chi connectivity index (χ1) is 41.2. The van der Waals surface area contributed by atoms with Gasteiger partial charge in [0.1, 0.15) is 30.9 Å². The molecule has 8 rings (SSSR count). The van der Waals surface area contributed by atoms with E-state index in [2.05, 4.69) is 32.6 Å². The number of aliphatic carboxylic acids is 4. The van der Waals surface area contributed by atoms with Gasteiger partial charge in [0, 0.05) is 107 Å². The Hall–Kier alpha value is -8.24. The maximum absolute atomic E-state index is 14.3. The Morgan fingerprint density at radius 1 is 0.500 bits per heavy atom. The second-order valence-corrected chi connectivity index (χ2v) is 28.5. The number of rotatable bonds is 18. The summed E-state index contributed by atoms with van der Waals surface area (Å²) in [5, 5.41) is 55.3. The summed E-state index contributed by atoms with van der Waals surface area (Å²) in [5.74, 6) is -6.00. The van der Waals surface area contributed by atoms with Crippen LogP contribution in [0, 0.1) is 24.1 Å². The fourth-order valence-electron chi connectivity index (χ4n) is 7.40. The van der Waals surface area contributed by atoms with Crippen LogP contribution in [0.2, 0.25) is 5.02 Å². The van der Waals surface area contributed by atoms with Crippen LogP contribution in [-0.4, -0.2) is 100 Å². The first-order valence-corrected chi connectivity index (χ1v) is 30.2. The number of nitrogens with zero attached hydrogens (tertiary/aromatic N) is 5. The summed E-state index contributed by atoms with van der Waals surface area (Å²) < 4.78 is 10.3. The van der Waals surface area contributed by atoms with Crippen molar-refractivity contribution in [2.24, 2.45) is 5.73 Å². The molecule has 0 aliphatic carbocycles. The second kappa shape index (κ2) is 30.6. The number of hydrogen-bond acceptors (Lipinski definition) is 16. The van der Waals surface area contributed by atoms with Crippen LogP contribution in [0.4, 0.5) is 4.39 Å². The molecule has 0 saturated carbocycles. The standard InChI is InChI=1S/C17H18N2O3S.C16H13ClN2O2S.C16H14FNO4S.C15H15NO2S2/c1-10-8-11(15(18)20)4-5-12(10)13-9-19-7-6-14(13)23-17(2,3)16(21)22;1-16(2,15(20)21)22-14-5-6-19-9-12(14)10-3-4-11(8-18)13(17)7-10;1-16(2,15(21)22)23-13-5-6-18-8-11(13)10-4-3-9(14(19)20)7-12(10)17;1-15(2,14(17)18)20-13-7-8-16-9-12(13)10-3-5-11(19)6-4-10/h4-9H,1-3H3,(H2,18,20)(H,21,22);3-7,9H,1-2H3,(H,20,21);3-8H,1-2H3,(H,19,20)(H,21,22);3-9,19H,1-2H3,(H,17,18). The van der Waals surface area contributed by atoms with Crippen molar-refractivity contribution in [3.63, 3.8) is 0 Å². The molecule has 0 atom stereocenters. The lowest BCUT2D eigenvalue weighted by molar-refractivity contribution is -0.139. The minimum Gasteiger partial charge on any atom is -0.480 e. The summed E-state index contributed by atoms with van der Waals surface area (Å²) in [6.45, 7) is 15.0. The predicted molar refractivity (Wildman–Crippen MR) is 346 cm³/mol. The van der Waals surface area contributed by atoms with E-state index < -0.39 is 60.6 Å². The van der Waals surface area contributed by atoms with Gasteiger partial charge in [-0.3, -0.25) is 43.9 Å². The summed E-state index contributed by atoms with van der Waals surface area (Å²) >= 11 is 15.2. The third-order valence-corrected chi connectivity index (χ3v) is 18.2. The fourth-order valence-corrected chi connectivity index (χ4v) is 11.9. The molecule has 456 valence electrons.